The number of nitrogens with two attached hydrogens (primary N) is 1. The maximum absolute atomic E-state index is 12.2. The molecule has 32 heavy (non-hydrogen) atoms. The van der Waals surface area contributed by atoms with E-state index >= 15 is 0 Å². The first-order chi connectivity index (χ1) is 15.1. The number of anilines is 2. The monoisotopic (exact) mass is 482 g/mol. The number of nitrogens with zero attached hydrogens (tertiary/aromatic N) is 3. The van der Waals surface area contributed by atoms with E-state index in [4.69, 9.17) is 5.73 Å². The van der Waals surface area contributed by atoms with Crippen molar-refractivity contribution in [1.82, 2.24) is 4.90 Å². The van der Waals surface area contributed by atoms with E-state index in [-0.39, 0.29) is 35.0 Å². The van der Waals surface area contributed by atoms with Gasteiger partial charge in [-0.3, -0.25) is 4.90 Å². The summed E-state index contributed by atoms with van der Waals surface area (Å²) in [5.41, 5.74) is 7.95. The Morgan fingerprint density at radius 3 is 2.38 bits per heavy atom. The summed E-state index contributed by atoms with van der Waals surface area (Å²) in [6.07, 6.45) is 1.21. The molecular weight excluding hydrogens is 448 g/mol. The van der Waals surface area contributed by atoms with Crippen LogP contribution in [-0.4, -0.2) is 96.1 Å². The Morgan fingerprint density at radius 2 is 1.72 bits per heavy atom. The van der Waals surface area contributed by atoms with Gasteiger partial charge in [-0.2, -0.15) is 0 Å². The van der Waals surface area contributed by atoms with Gasteiger partial charge in [-0.15, -0.1) is 0 Å². The average Bonchev–Trinajstić information content (AvgIpc) is 2.85. The number of piperidine rings is 2. The number of sulfone groups is 2. The SMILES string of the molecule is CC12C[C@H]3CN(c4ccc(N5CCS(=O)(=O)CC5)cc4)[C@@H]1CN(CCS(=O)(=O)CCN)C32. The zero-order chi connectivity index (χ0) is 22.7. The molecule has 2 unspecified atom stereocenters. The minimum absolute atomic E-state index is 0.0665. The molecule has 178 valence electrons. The van der Waals surface area contributed by atoms with Crippen LogP contribution >= 0.6 is 0 Å². The molecule has 0 radical (unpaired) electrons. The van der Waals surface area contributed by atoms with Crippen LogP contribution in [0.4, 0.5) is 11.4 Å². The lowest BCUT2D eigenvalue weighted by molar-refractivity contribution is -0.0349. The summed E-state index contributed by atoms with van der Waals surface area (Å²) in [7, 11) is -5.97. The molecule has 3 aliphatic heterocycles. The molecule has 4 aliphatic rings. The first-order valence-electron chi connectivity index (χ1n) is 11.6. The van der Waals surface area contributed by atoms with E-state index in [1.165, 1.54) is 12.1 Å². The second-order valence-corrected chi connectivity index (χ2v) is 14.8. The fourth-order valence-electron chi connectivity index (χ4n) is 6.65. The number of rotatable bonds is 7. The van der Waals surface area contributed by atoms with Crippen molar-refractivity contribution in [1.29, 1.82) is 0 Å². The van der Waals surface area contributed by atoms with Crippen LogP contribution < -0.4 is 15.5 Å². The Kier molecular flexibility index (Phi) is 5.51. The molecule has 10 heteroatoms. The standard InChI is InChI=1S/C22H34N4O4S2/c1-22-14-17-15-26(20(22)16-25(21(17)22)9-13-31(27,28)10-6-23)19-4-2-18(3-5-19)24-7-11-32(29,30)12-8-24/h2-5,17,20-21H,6-16,23H2,1H3/t17-,20+,21?,22?/m0/s1. The highest BCUT2D eigenvalue weighted by atomic mass is 32.2. The van der Waals surface area contributed by atoms with Crippen molar-refractivity contribution >= 4 is 31.0 Å². The molecule has 4 atom stereocenters. The molecule has 1 aromatic carbocycles. The summed E-state index contributed by atoms with van der Waals surface area (Å²) in [4.78, 5) is 7.08. The molecule has 3 heterocycles. The molecule has 1 saturated carbocycles. The predicted molar refractivity (Wildman–Crippen MR) is 128 cm³/mol. The van der Waals surface area contributed by atoms with Gasteiger partial charge in [0.2, 0.25) is 0 Å². The molecule has 1 aliphatic carbocycles. The summed E-state index contributed by atoms with van der Waals surface area (Å²) in [5.74, 6) is 1.28. The molecule has 2 N–H and O–H groups in total. The summed E-state index contributed by atoms with van der Waals surface area (Å²) in [6.45, 7) is 6.17. The summed E-state index contributed by atoms with van der Waals surface area (Å²) in [5, 5.41) is 0. The minimum atomic E-state index is -3.08. The number of likely N-dealkylation sites (tertiary alicyclic amines) is 1. The molecular formula is C22H34N4O4S2. The van der Waals surface area contributed by atoms with Gasteiger partial charge in [-0.1, -0.05) is 6.92 Å². The van der Waals surface area contributed by atoms with Gasteiger partial charge in [-0.05, 0) is 36.6 Å². The number of hydrogen-bond donors (Lipinski definition) is 1. The van der Waals surface area contributed by atoms with Gasteiger partial charge in [-0.25, -0.2) is 16.8 Å². The van der Waals surface area contributed by atoms with Crippen molar-refractivity contribution < 1.29 is 16.8 Å². The Bertz CT molecular complexity index is 1060. The second kappa shape index (κ2) is 7.85. The lowest BCUT2D eigenvalue weighted by Gasteiger charge is -2.61. The Morgan fingerprint density at radius 1 is 1.06 bits per heavy atom. The highest BCUT2D eigenvalue weighted by Gasteiger charge is 2.66. The normalized spacial score (nSPS) is 33.9. The Hall–Kier alpha value is -1.36. The second-order valence-electron chi connectivity index (χ2n) is 10.2. The van der Waals surface area contributed by atoms with Gasteiger partial charge in [0.1, 0.15) is 0 Å². The fourth-order valence-corrected chi connectivity index (χ4v) is 8.92. The van der Waals surface area contributed by atoms with E-state index in [9.17, 15) is 16.8 Å². The maximum atomic E-state index is 12.2. The van der Waals surface area contributed by atoms with E-state index < -0.39 is 19.7 Å². The predicted octanol–water partition coefficient (Wildman–Crippen LogP) is 0.194. The lowest BCUT2D eigenvalue weighted by atomic mass is 9.54. The van der Waals surface area contributed by atoms with Gasteiger partial charge in [0.15, 0.2) is 19.7 Å². The van der Waals surface area contributed by atoms with Gasteiger partial charge < -0.3 is 15.5 Å². The molecule has 8 nitrogen and oxygen atoms in total. The molecule has 2 bridgehead atoms. The highest BCUT2D eigenvalue weighted by Crippen LogP contribution is 2.60. The summed E-state index contributed by atoms with van der Waals surface area (Å²) >= 11 is 0. The molecule has 3 saturated heterocycles. The quantitative estimate of drug-likeness (QED) is 0.588. The van der Waals surface area contributed by atoms with Gasteiger partial charge >= 0.3 is 0 Å². The van der Waals surface area contributed by atoms with Crippen LogP contribution in [0.25, 0.3) is 0 Å². The molecule has 0 spiro atoms. The molecule has 4 fully saturated rings. The minimum Gasteiger partial charge on any atom is -0.369 e. The number of fused-ring (bicyclic) bond motifs is 2. The van der Waals surface area contributed by atoms with Gasteiger partial charge in [0.05, 0.1) is 23.0 Å². The van der Waals surface area contributed by atoms with Crippen LogP contribution in [0.5, 0.6) is 0 Å². The molecule has 0 amide bonds. The van der Waals surface area contributed by atoms with E-state index in [1.54, 1.807) is 0 Å². The van der Waals surface area contributed by atoms with Crippen molar-refractivity contribution in [3.05, 3.63) is 24.3 Å². The van der Waals surface area contributed by atoms with E-state index in [0.717, 1.165) is 18.8 Å². The lowest BCUT2D eigenvalue weighted by Crippen LogP contribution is -2.67. The van der Waals surface area contributed by atoms with Gasteiger partial charge in [0.25, 0.3) is 0 Å². The van der Waals surface area contributed by atoms with E-state index in [1.807, 2.05) is 0 Å². The Balaban J connectivity index is 1.28. The smallest absolute Gasteiger partial charge is 0.153 e. The van der Waals surface area contributed by atoms with Crippen LogP contribution in [0, 0.1) is 11.3 Å². The van der Waals surface area contributed by atoms with Crippen LogP contribution in [0.3, 0.4) is 0 Å². The summed E-state index contributed by atoms with van der Waals surface area (Å²) < 4.78 is 47.8. The first-order valence-corrected chi connectivity index (χ1v) is 15.2. The van der Waals surface area contributed by atoms with Crippen LogP contribution in [0.15, 0.2) is 24.3 Å². The van der Waals surface area contributed by atoms with Crippen molar-refractivity contribution in [2.24, 2.45) is 17.1 Å². The largest absolute Gasteiger partial charge is 0.369 e. The average molecular weight is 483 g/mol. The number of hydrogen-bond acceptors (Lipinski definition) is 8. The third kappa shape index (κ3) is 3.82. The molecule has 1 aromatic rings. The van der Waals surface area contributed by atoms with Crippen LogP contribution in [-0.2, 0) is 19.7 Å². The van der Waals surface area contributed by atoms with Crippen molar-refractivity contribution in [3.8, 4) is 0 Å². The molecule has 5 rings (SSSR count). The topological polar surface area (TPSA) is 104 Å². The molecule has 0 aromatic heterocycles. The first kappa shape index (κ1) is 22.4. The zero-order valence-corrected chi connectivity index (χ0v) is 20.3. The van der Waals surface area contributed by atoms with E-state index in [2.05, 4.69) is 45.9 Å². The Labute approximate surface area is 191 Å². The number of benzene rings is 1. The van der Waals surface area contributed by atoms with Crippen LogP contribution in [0.2, 0.25) is 0 Å². The van der Waals surface area contributed by atoms with Crippen molar-refractivity contribution in [2.75, 3.05) is 72.1 Å². The highest BCUT2D eigenvalue weighted by molar-refractivity contribution is 7.91. The van der Waals surface area contributed by atoms with Crippen LogP contribution in [0.1, 0.15) is 13.3 Å². The zero-order valence-electron chi connectivity index (χ0n) is 18.7. The third-order valence-electron chi connectivity index (χ3n) is 8.20. The third-order valence-corrected chi connectivity index (χ3v) is 11.5. The van der Waals surface area contributed by atoms with E-state index in [0.29, 0.717) is 37.6 Å². The van der Waals surface area contributed by atoms with Crippen molar-refractivity contribution in [3.63, 3.8) is 0 Å². The van der Waals surface area contributed by atoms with Gasteiger partial charge in [0, 0.05) is 68.1 Å². The van der Waals surface area contributed by atoms with Crippen molar-refractivity contribution in [2.45, 2.75) is 25.4 Å². The maximum Gasteiger partial charge on any atom is 0.153 e. The fraction of sp³-hybridized carbons (Fsp3) is 0.727. The summed E-state index contributed by atoms with van der Waals surface area (Å²) in [6, 6.07) is 9.41.